The van der Waals surface area contributed by atoms with E-state index in [2.05, 4.69) is 44.9 Å². The maximum absolute atomic E-state index is 11.3. The number of hydrogen-bond acceptors (Lipinski definition) is 6. The van der Waals surface area contributed by atoms with Gasteiger partial charge in [-0.2, -0.15) is 0 Å². The molecule has 1 aliphatic rings. The molecule has 4 rings (SSSR count). The molecule has 0 unspecified atom stereocenters. The van der Waals surface area contributed by atoms with Crippen LogP contribution in [0.15, 0.2) is 78.9 Å². The van der Waals surface area contributed by atoms with E-state index in [1.165, 1.54) is 5.69 Å². The Morgan fingerprint density at radius 2 is 1.47 bits per heavy atom. The fraction of sp³-hybridized carbons (Fsp3) is 0.217. The first-order chi connectivity index (χ1) is 14.7. The molecule has 0 aromatic heterocycles. The predicted molar refractivity (Wildman–Crippen MR) is 121 cm³/mol. The van der Waals surface area contributed by atoms with Crippen LogP contribution in [0.4, 0.5) is 22.7 Å². The Hall–Kier alpha value is -3.58. The summed E-state index contributed by atoms with van der Waals surface area (Å²) in [6.45, 7) is 4.04. The lowest BCUT2D eigenvalue weighted by Crippen LogP contribution is -2.47. The van der Waals surface area contributed by atoms with Gasteiger partial charge in [-0.25, -0.2) is 5.43 Å². The van der Waals surface area contributed by atoms with E-state index in [4.69, 9.17) is 0 Å². The molecule has 0 amide bonds. The van der Waals surface area contributed by atoms with Crippen LogP contribution >= 0.6 is 0 Å². The lowest BCUT2D eigenvalue weighted by Gasteiger charge is -2.38. The fourth-order valence-corrected chi connectivity index (χ4v) is 3.74. The second kappa shape index (κ2) is 9.28. The maximum Gasteiger partial charge on any atom is 0.269 e. The molecule has 0 atom stereocenters. The number of hydrazine groups is 1. The summed E-state index contributed by atoms with van der Waals surface area (Å²) in [5.74, 6) is 0. The first-order valence-electron chi connectivity index (χ1n) is 10.1. The summed E-state index contributed by atoms with van der Waals surface area (Å²) in [5, 5.41) is 11.3. The van der Waals surface area contributed by atoms with Gasteiger partial charge in [0.05, 0.1) is 4.92 Å². The smallest absolute Gasteiger partial charge is 0.269 e. The Labute approximate surface area is 176 Å². The van der Waals surface area contributed by atoms with Crippen LogP contribution in [0.3, 0.4) is 0 Å². The molecule has 3 aromatic carbocycles. The van der Waals surface area contributed by atoms with E-state index in [9.17, 15) is 10.1 Å². The third kappa shape index (κ3) is 4.69. The average Bonchev–Trinajstić information content (AvgIpc) is 2.80. The van der Waals surface area contributed by atoms with Gasteiger partial charge in [0.15, 0.2) is 0 Å². The maximum atomic E-state index is 11.3. The highest BCUT2D eigenvalue weighted by Gasteiger charge is 2.21. The molecule has 1 fully saturated rings. The number of benzene rings is 3. The molecule has 0 saturated carbocycles. The molecular weight excluding hydrogens is 378 g/mol. The van der Waals surface area contributed by atoms with E-state index in [0.29, 0.717) is 6.54 Å². The van der Waals surface area contributed by atoms with Crippen LogP contribution in [-0.2, 0) is 6.54 Å². The molecule has 0 spiro atoms. The standard InChI is InChI=1S/C23H25N5O2/c29-28(30)22-11-12-23(19(17-22)18-24-25-20-7-3-1-4-8-20)27-15-13-26(14-16-27)21-9-5-2-6-10-21/h1-12,17,24-25H,13-16,18H2. The minimum absolute atomic E-state index is 0.109. The molecule has 7 heteroatoms. The van der Waals surface area contributed by atoms with Crippen LogP contribution in [0, 0.1) is 10.1 Å². The lowest BCUT2D eigenvalue weighted by molar-refractivity contribution is -0.384. The predicted octanol–water partition coefficient (Wildman–Crippen LogP) is 4.04. The minimum atomic E-state index is -0.342. The van der Waals surface area contributed by atoms with E-state index < -0.39 is 0 Å². The zero-order valence-electron chi connectivity index (χ0n) is 16.7. The van der Waals surface area contributed by atoms with E-state index in [1.54, 1.807) is 12.1 Å². The molecule has 0 radical (unpaired) electrons. The fourth-order valence-electron chi connectivity index (χ4n) is 3.74. The van der Waals surface area contributed by atoms with Crippen LogP contribution in [-0.4, -0.2) is 31.1 Å². The Morgan fingerprint density at radius 3 is 2.13 bits per heavy atom. The molecule has 2 N–H and O–H groups in total. The molecular formula is C23H25N5O2. The number of piperazine rings is 1. The number of nitrogens with zero attached hydrogens (tertiary/aromatic N) is 3. The Morgan fingerprint density at radius 1 is 0.833 bits per heavy atom. The zero-order chi connectivity index (χ0) is 20.8. The van der Waals surface area contributed by atoms with E-state index in [1.807, 2.05) is 42.5 Å². The van der Waals surface area contributed by atoms with Crippen molar-refractivity contribution in [3.63, 3.8) is 0 Å². The molecule has 0 bridgehead atoms. The second-order valence-electron chi connectivity index (χ2n) is 7.22. The molecule has 1 aliphatic heterocycles. The van der Waals surface area contributed by atoms with Crippen molar-refractivity contribution in [1.29, 1.82) is 0 Å². The van der Waals surface area contributed by atoms with Crippen molar-refractivity contribution in [2.45, 2.75) is 6.54 Å². The second-order valence-corrected chi connectivity index (χ2v) is 7.22. The highest BCUT2D eigenvalue weighted by molar-refractivity contribution is 5.59. The summed E-state index contributed by atoms with van der Waals surface area (Å²) in [5.41, 5.74) is 10.6. The summed E-state index contributed by atoms with van der Waals surface area (Å²) in [4.78, 5) is 15.6. The van der Waals surface area contributed by atoms with E-state index in [-0.39, 0.29) is 10.6 Å². The van der Waals surface area contributed by atoms with Crippen molar-refractivity contribution in [1.82, 2.24) is 5.43 Å². The minimum Gasteiger partial charge on any atom is -0.368 e. The molecule has 1 heterocycles. The van der Waals surface area contributed by atoms with Gasteiger partial charge in [-0.1, -0.05) is 36.4 Å². The number of anilines is 3. The van der Waals surface area contributed by atoms with Gasteiger partial charge in [-0.3, -0.25) is 10.1 Å². The van der Waals surface area contributed by atoms with Gasteiger partial charge in [-0.15, -0.1) is 0 Å². The molecule has 1 saturated heterocycles. The SMILES string of the molecule is O=[N+]([O-])c1ccc(N2CCN(c3ccccc3)CC2)c(CNNc2ccccc2)c1. The number of para-hydroxylation sites is 2. The quantitative estimate of drug-likeness (QED) is 0.458. The van der Waals surface area contributed by atoms with Crippen molar-refractivity contribution in [3.05, 3.63) is 94.5 Å². The largest absolute Gasteiger partial charge is 0.368 e. The average molecular weight is 403 g/mol. The van der Waals surface area contributed by atoms with Crippen LogP contribution < -0.4 is 20.7 Å². The lowest BCUT2D eigenvalue weighted by atomic mass is 10.1. The van der Waals surface area contributed by atoms with Gasteiger partial charge in [0.25, 0.3) is 5.69 Å². The molecule has 3 aromatic rings. The molecule has 30 heavy (non-hydrogen) atoms. The summed E-state index contributed by atoms with van der Waals surface area (Å²) in [6.07, 6.45) is 0. The van der Waals surface area contributed by atoms with Crippen LogP contribution in [0.2, 0.25) is 0 Å². The van der Waals surface area contributed by atoms with Crippen molar-refractivity contribution >= 4 is 22.7 Å². The summed E-state index contributed by atoms with van der Waals surface area (Å²) in [6, 6.07) is 25.3. The highest BCUT2D eigenvalue weighted by Crippen LogP contribution is 2.27. The highest BCUT2D eigenvalue weighted by atomic mass is 16.6. The number of non-ortho nitro benzene ring substituents is 1. The number of rotatable bonds is 7. The summed E-state index contributed by atoms with van der Waals surface area (Å²) < 4.78 is 0. The van der Waals surface area contributed by atoms with Gasteiger partial charge < -0.3 is 15.2 Å². The first-order valence-corrected chi connectivity index (χ1v) is 10.1. The summed E-state index contributed by atoms with van der Waals surface area (Å²) >= 11 is 0. The van der Waals surface area contributed by atoms with E-state index >= 15 is 0 Å². The van der Waals surface area contributed by atoms with Crippen LogP contribution in [0.25, 0.3) is 0 Å². The Bertz CT molecular complexity index is 973. The number of nitro groups is 1. The number of nitrogens with one attached hydrogen (secondary N) is 2. The van der Waals surface area contributed by atoms with Gasteiger partial charge in [0, 0.05) is 61.9 Å². The number of nitro benzene ring substituents is 1. The van der Waals surface area contributed by atoms with Crippen molar-refractivity contribution < 1.29 is 4.92 Å². The normalized spacial score (nSPS) is 13.9. The van der Waals surface area contributed by atoms with Gasteiger partial charge in [-0.05, 0) is 35.9 Å². The van der Waals surface area contributed by atoms with Crippen molar-refractivity contribution in [2.24, 2.45) is 0 Å². The monoisotopic (exact) mass is 403 g/mol. The Balaban J connectivity index is 1.46. The molecule has 154 valence electrons. The van der Waals surface area contributed by atoms with Gasteiger partial charge >= 0.3 is 0 Å². The third-order valence-corrected chi connectivity index (χ3v) is 5.30. The van der Waals surface area contributed by atoms with Crippen LogP contribution in [0.1, 0.15) is 5.56 Å². The molecule has 7 nitrogen and oxygen atoms in total. The van der Waals surface area contributed by atoms with Gasteiger partial charge in [0.2, 0.25) is 0 Å². The summed E-state index contributed by atoms with van der Waals surface area (Å²) in [7, 11) is 0. The third-order valence-electron chi connectivity index (χ3n) is 5.30. The van der Waals surface area contributed by atoms with E-state index in [0.717, 1.165) is 43.1 Å². The van der Waals surface area contributed by atoms with Crippen molar-refractivity contribution in [2.75, 3.05) is 41.4 Å². The van der Waals surface area contributed by atoms with Crippen molar-refractivity contribution in [3.8, 4) is 0 Å². The topological polar surface area (TPSA) is 73.7 Å². The van der Waals surface area contributed by atoms with Gasteiger partial charge in [0.1, 0.15) is 0 Å². The Kier molecular flexibility index (Phi) is 6.10. The first kappa shape index (κ1) is 19.7. The number of hydrogen-bond donors (Lipinski definition) is 2. The van der Waals surface area contributed by atoms with Crippen LogP contribution in [0.5, 0.6) is 0 Å². The molecule has 0 aliphatic carbocycles. The zero-order valence-corrected chi connectivity index (χ0v) is 16.7.